The summed E-state index contributed by atoms with van der Waals surface area (Å²) in [4.78, 5) is 0. The summed E-state index contributed by atoms with van der Waals surface area (Å²) in [6, 6.07) is -0.216. The Bertz CT molecular complexity index is 258. The first kappa shape index (κ1) is 13.3. The summed E-state index contributed by atoms with van der Waals surface area (Å²) in [5.41, 5.74) is 4.82. The van der Waals surface area contributed by atoms with Gasteiger partial charge < -0.3 is 21.4 Å². The minimum atomic E-state index is -0.637. The van der Waals surface area contributed by atoms with Crippen LogP contribution < -0.4 is 11.1 Å². The van der Waals surface area contributed by atoms with Crippen molar-refractivity contribution in [2.75, 3.05) is 6.54 Å². The van der Waals surface area contributed by atoms with Gasteiger partial charge >= 0.3 is 0 Å². The molecule has 5 nitrogen and oxygen atoms in total. The van der Waals surface area contributed by atoms with Crippen LogP contribution in [0, 0.1) is 5.92 Å². The topological polar surface area (TPSA) is 90.9 Å². The van der Waals surface area contributed by atoms with Crippen LogP contribution in [0.4, 0.5) is 0 Å². The quantitative estimate of drug-likeness (QED) is 0.246. The Morgan fingerprint density at radius 2 is 2.38 bits per heavy atom. The Morgan fingerprint density at radius 1 is 1.69 bits per heavy atom. The number of nitrogens with zero attached hydrogens (tertiary/aromatic N) is 1. The number of amidine groups is 1. The lowest BCUT2D eigenvalue weighted by Gasteiger charge is -2.36. The molecule has 0 heterocycles. The van der Waals surface area contributed by atoms with Gasteiger partial charge in [-0.05, 0) is 25.7 Å². The zero-order chi connectivity index (χ0) is 12.2. The second-order valence-electron chi connectivity index (χ2n) is 5.05. The van der Waals surface area contributed by atoms with E-state index < -0.39 is 5.60 Å². The van der Waals surface area contributed by atoms with Gasteiger partial charge in [-0.3, -0.25) is 0 Å². The van der Waals surface area contributed by atoms with Crippen molar-refractivity contribution >= 4 is 5.84 Å². The molecule has 0 aromatic heterocycles. The van der Waals surface area contributed by atoms with Crippen LogP contribution in [-0.4, -0.2) is 34.3 Å². The fourth-order valence-corrected chi connectivity index (χ4v) is 2.33. The number of aliphatic hydroxyl groups is 1. The Hall–Kier alpha value is -0.810. The molecular formula is C11H23N3O2. The summed E-state index contributed by atoms with van der Waals surface area (Å²) in [7, 11) is 0. The standard InChI is InChI=1S/C11H23N3O2/c1-8-4-3-5-11(15,6-8)7-13-9(2)10(12)14-16/h8-9,13,15-16H,3-7H2,1-2H3,(H2,12,14). The summed E-state index contributed by atoms with van der Waals surface area (Å²) < 4.78 is 0. The van der Waals surface area contributed by atoms with Gasteiger partial charge in [0.05, 0.1) is 11.6 Å². The number of oxime groups is 1. The Balaban J connectivity index is 2.41. The van der Waals surface area contributed by atoms with Crippen LogP contribution in [-0.2, 0) is 0 Å². The first-order valence-electron chi connectivity index (χ1n) is 5.90. The minimum absolute atomic E-state index is 0.146. The lowest BCUT2D eigenvalue weighted by Crippen LogP contribution is -2.49. The van der Waals surface area contributed by atoms with E-state index >= 15 is 0 Å². The molecule has 1 fully saturated rings. The first-order chi connectivity index (χ1) is 7.47. The number of nitrogens with two attached hydrogens (primary N) is 1. The van der Waals surface area contributed by atoms with Crippen LogP contribution in [0.2, 0.25) is 0 Å². The molecule has 0 amide bonds. The summed E-state index contributed by atoms with van der Waals surface area (Å²) in [5, 5.41) is 24.9. The molecule has 0 saturated heterocycles. The molecule has 3 atom stereocenters. The molecule has 94 valence electrons. The monoisotopic (exact) mass is 229 g/mol. The zero-order valence-corrected chi connectivity index (χ0v) is 10.1. The van der Waals surface area contributed by atoms with Crippen LogP contribution in [0.5, 0.6) is 0 Å². The van der Waals surface area contributed by atoms with Crippen molar-refractivity contribution in [1.29, 1.82) is 0 Å². The van der Waals surface area contributed by atoms with Crippen LogP contribution in [0.15, 0.2) is 5.16 Å². The molecule has 1 saturated carbocycles. The van der Waals surface area contributed by atoms with Gasteiger partial charge in [-0.1, -0.05) is 24.9 Å². The number of hydrogen-bond donors (Lipinski definition) is 4. The Labute approximate surface area is 96.7 Å². The highest BCUT2D eigenvalue weighted by molar-refractivity contribution is 5.84. The molecule has 0 aromatic rings. The van der Waals surface area contributed by atoms with Gasteiger partial charge in [-0.25, -0.2) is 0 Å². The molecule has 0 spiro atoms. The molecule has 5 N–H and O–H groups in total. The van der Waals surface area contributed by atoms with E-state index in [9.17, 15) is 5.11 Å². The SMILES string of the molecule is CC1CCCC(O)(CNC(C)C(N)=NO)C1. The summed E-state index contributed by atoms with van der Waals surface area (Å²) in [6.45, 7) is 4.47. The number of hydrogen-bond acceptors (Lipinski definition) is 4. The third-order valence-electron chi connectivity index (χ3n) is 3.36. The fraction of sp³-hybridized carbons (Fsp3) is 0.909. The van der Waals surface area contributed by atoms with E-state index in [0.29, 0.717) is 12.5 Å². The normalized spacial score (nSPS) is 33.7. The van der Waals surface area contributed by atoms with Gasteiger partial charge in [0.15, 0.2) is 5.84 Å². The predicted octanol–water partition coefficient (Wildman–Crippen LogP) is 0.652. The second kappa shape index (κ2) is 5.50. The van der Waals surface area contributed by atoms with Crippen LogP contribution in [0.3, 0.4) is 0 Å². The number of rotatable bonds is 4. The molecule has 3 unspecified atom stereocenters. The highest BCUT2D eigenvalue weighted by Gasteiger charge is 2.32. The molecule has 0 aliphatic heterocycles. The molecule has 1 rings (SSSR count). The molecule has 1 aliphatic rings. The Kier molecular flexibility index (Phi) is 4.56. The fourth-order valence-electron chi connectivity index (χ4n) is 2.33. The van der Waals surface area contributed by atoms with Crippen molar-refractivity contribution < 1.29 is 10.3 Å². The van der Waals surface area contributed by atoms with Gasteiger partial charge in [0.25, 0.3) is 0 Å². The van der Waals surface area contributed by atoms with Gasteiger partial charge in [0.2, 0.25) is 0 Å². The Morgan fingerprint density at radius 3 is 2.94 bits per heavy atom. The second-order valence-corrected chi connectivity index (χ2v) is 5.05. The minimum Gasteiger partial charge on any atom is -0.409 e. The van der Waals surface area contributed by atoms with E-state index in [-0.39, 0.29) is 11.9 Å². The first-order valence-corrected chi connectivity index (χ1v) is 5.90. The third kappa shape index (κ3) is 3.64. The predicted molar refractivity (Wildman–Crippen MR) is 63.5 cm³/mol. The summed E-state index contributed by atoms with van der Waals surface area (Å²) in [5.74, 6) is 0.715. The van der Waals surface area contributed by atoms with Crippen molar-refractivity contribution in [2.24, 2.45) is 16.8 Å². The molecular weight excluding hydrogens is 206 g/mol. The lowest BCUT2D eigenvalue weighted by molar-refractivity contribution is -0.0122. The van der Waals surface area contributed by atoms with Crippen molar-refractivity contribution in [3.63, 3.8) is 0 Å². The van der Waals surface area contributed by atoms with E-state index in [1.807, 2.05) is 6.92 Å². The average molecular weight is 229 g/mol. The number of nitrogens with one attached hydrogen (secondary N) is 1. The molecule has 0 bridgehead atoms. The van der Waals surface area contributed by atoms with E-state index in [1.165, 1.54) is 6.42 Å². The van der Waals surface area contributed by atoms with Crippen molar-refractivity contribution in [2.45, 2.75) is 51.2 Å². The van der Waals surface area contributed by atoms with Crippen molar-refractivity contribution in [1.82, 2.24) is 5.32 Å². The van der Waals surface area contributed by atoms with Gasteiger partial charge in [0, 0.05) is 6.54 Å². The zero-order valence-electron chi connectivity index (χ0n) is 10.1. The van der Waals surface area contributed by atoms with E-state index in [0.717, 1.165) is 19.3 Å². The molecule has 1 aliphatic carbocycles. The van der Waals surface area contributed by atoms with Crippen molar-refractivity contribution in [3.05, 3.63) is 0 Å². The molecule has 0 radical (unpaired) electrons. The molecule has 5 heteroatoms. The maximum absolute atomic E-state index is 10.3. The maximum Gasteiger partial charge on any atom is 0.156 e. The van der Waals surface area contributed by atoms with E-state index in [1.54, 1.807) is 0 Å². The molecule has 16 heavy (non-hydrogen) atoms. The largest absolute Gasteiger partial charge is 0.409 e. The van der Waals surface area contributed by atoms with Gasteiger partial charge in [-0.2, -0.15) is 0 Å². The molecule has 0 aromatic carbocycles. The summed E-state index contributed by atoms with van der Waals surface area (Å²) in [6.07, 6.45) is 3.91. The van der Waals surface area contributed by atoms with Gasteiger partial charge in [-0.15, -0.1) is 0 Å². The van der Waals surface area contributed by atoms with Crippen molar-refractivity contribution in [3.8, 4) is 0 Å². The van der Waals surface area contributed by atoms with Gasteiger partial charge in [0.1, 0.15) is 0 Å². The average Bonchev–Trinajstić information content (AvgIpc) is 2.24. The third-order valence-corrected chi connectivity index (χ3v) is 3.36. The summed E-state index contributed by atoms with van der Waals surface area (Å²) >= 11 is 0. The highest BCUT2D eigenvalue weighted by atomic mass is 16.4. The maximum atomic E-state index is 10.3. The van der Waals surface area contributed by atoms with Crippen LogP contribution in [0.25, 0.3) is 0 Å². The highest BCUT2D eigenvalue weighted by Crippen LogP contribution is 2.31. The van der Waals surface area contributed by atoms with E-state index in [2.05, 4.69) is 17.4 Å². The van der Waals surface area contributed by atoms with Crippen LogP contribution >= 0.6 is 0 Å². The lowest BCUT2D eigenvalue weighted by atomic mass is 9.79. The van der Waals surface area contributed by atoms with E-state index in [4.69, 9.17) is 10.9 Å². The smallest absolute Gasteiger partial charge is 0.156 e. The van der Waals surface area contributed by atoms with Crippen LogP contribution in [0.1, 0.15) is 39.5 Å².